The summed E-state index contributed by atoms with van der Waals surface area (Å²) in [6.07, 6.45) is 0. The van der Waals surface area contributed by atoms with E-state index in [2.05, 4.69) is 187 Å². The van der Waals surface area contributed by atoms with Gasteiger partial charge in [-0.25, -0.2) is 0 Å². The van der Waals surface area contributed by atoms with Crippen LogP contribution in [0.25, 0.3) is 98.4 Å². The summed E-state index contributed by atoms with van der Waals surface area (Å²) in [5.41, 5.74) is 11.3. The summed E-state index contributed by atoms with van der Waals surface area (Å²) in [6, 6.07) is 71.6. The van der Waals surface area contributed by atoms with Gasteiger partial charge in [0.05, 0.1) is 0 Å². The van der Waals surface area contributed by atoms with Crippen molar-refractivity contribution in [1.29, 1.82) is 0 Å². The zero-order valence-corrected chi connectivity index (χ0v) is 30.8. The molecule has 266 valence electrons. The van der Waals surface area contributed by atoms with Crippen LogP contribution < -0.4 is 4.90 Å². The molecule has 10 aromatic carbocycles. The van der Waals surface area contributed by atoms with Gasteiger partial charge < -0.3 is 13.7 Å². The molecule has 12 rings (SSSR count). The molecule has 3 nitrogen and oxygen atoms in total. The predicted octanol–water partition coefficient (Wildman–Crippen LogP) is 15.7. The number of furan rings is 2. The van der Waals surface area contributed by atoms with Gasteiger partial charge in [0, 0.05) is 44.7 Å². The van der Waals surface area contributed by atoms with Crippen molar-refractivity contribution >= 4 is 93.3 Å². The Kier molecular flexibility index (Phi) is 6.93. The number of rotatable bonds is 5. The molecule has 0 radical (unpaired) electrons. The van der Waals surface area contributed by atoms with Gasteiger partial charge in [-0.05, 0) is 115 Å². The molecule has 2 heterocycles. The van der Waals surface area contributed by atoms with Gasteiger partial charge in [-0.2, -0.15) is 0 Å². The third-order valence-corrected chi connectivity index (χ3v) is 11.6. The third kappa shape index (κ3) is 5.06. The van der Waals surface area contributed by atoms with E-state index in [1.54, 1.807) is 0 Å². The minimum Gasteiger partial charge on any atom is -0.456 e. The number of hydrogen-bond donors (Lipinski definition) is 0. The van der Waals surface area contributed by atoms with Crippen LogP contribution in [0.4, 0.5) is 17.1 Å². The highest BCUT2D eigenvalue weighted by atomic mass is 16.3. The van der Waals surface area contributed by atoms with Crippen molar-refractivity contribution in [2.75, 3.05) is 4.90 Å². The smallest absolute Gasteiger partial charge is 0.137 e. The lowest BCUT2D eigenvalue weighted by Gasteiger charge is -2.26. The molecule has 0 saturated heterocycles. The largest absolute Gasteiger partial charge is 0.456 e. The van der Waals surface area contributed by atoms with Crippen LogP contribution in [0.15, 0.2) is 209 Å². The summed E-state index contributed by atoms with van der Waals surface area (Å²) in [5, 5.41) is 11.8. The molecular weight excluding hydrogens is 695 g/mol. The Morgan fingerprint density at radius 2 is 0.860 bits per heavy atom. The monoisotopic (exact) mass is 727 g/mol. The molecule has 0 spiro atoms. The van der Waals surface area contributed by atoms with E-state index in [0.717, 1.165) is 82.8 Å². The number of hydrogen-bond acceptors (Lipinski definition) is 3. The van der Waals surface area contributed by atoms with E-state index in [-0.39, 0.29) is 0 Å². The van der Waals surface area contributed by atoms with Gasteiger partial charge in [0.15, 0.2) is 0 Å². The van der Waals surface area contributed by atoms with Crippen molar-refractivity contribution < 1.29 is 8.83 Å². The average molecular weight is 728 g/mol. The fraction of sp³-hybridized carbons (Fsp3) is 0. The van der Waals surface area contributed by atoms with Gasteiger partial charge in [0.1, 0.15) is 22.3 Å². The predicted molar refractivity (Wildman–Crippen MR) is 239 cm³/mol. The van der Waals surface area contributed by atoms with E-state index in [0.29, 0.717) is 0 Å². The van der Waals surface area contributed by atoms with Crippen molar-refractivity contribution in [3.63, 3.8) is 0 Å². The van der Waals surface area contributed by atoms with E-state index < -0.39 is 0 Å². The van der Waals surface area contributed by atoms with Crippen LogP contribution in [0, 0.1) is 0 Å². The fourth-order valence-electron chi connectivity index (χ4n) is 8.91. The first-order chi connectivity index (χ1) is 28.2. The molecule has 0 aliphatic rings. The van der Waals surface area contributed by atoms with Crippen LogP contribution in [-0.2, 0) is 0 Å². The molecule has 0 unspecified atom stereocenters. The van der Waals surface area contributed by atoms with E-state index in [4.69, 9.17) is 8.83 Å². The summed E-state index contributed by atoms with van der Waals surface area (Å²) < 4.78 is 12.9. The number of benzene rings is 10. The minimum atomic E-state index is 0.857. The summed E-state index contributed by atoms with van der Waals surface area (Å²) in [6.45, 7) is 0. The zero-order chi connectivity index (χ0) is 37.5. The molecule has 3 heteroatoms. The van der Waals surface area contributed by atoms with Gasteiger partial charge in [-0.3, -0.25) is 0 Å². The maximum absolute atomic E-state index is 6.48. The maximum Gasteiger partial charge on any atom is 0.137 e. The van der Waals surface area contributed by atoms with Crippen LogP contribution in [0.2, 0.25) is 0 Å². The molecule has 0 atom stereocenters. The highest BCUT2D eigenvalue weighted by molar-refractivity contribution is 6.22. The molecule has 0 aliphatic carbocycles. The summed E-state index contributed by atoms with van der Waals surface area (Å²) in [4.78, 5) is 2.34. The van der Waals surface area contributed by atoms with Gasteiger partial charge >= 0.3 is 0 Å². The van der Waals surface area contributed by atoms with E-state index >= 15 is 0 Å². The first kappa shape index (κ1) is 31.7. The van der Waals surface area contributed by atoms with Crippen LogP contribution in [0.5, 0.6) is 0 Å². The normalized spacial score (nSPS) is 11.9. The Bertz CT molecular complexity index is 3520. The molecule has 2 aromatic heterocycles. The fourth-order valence-corrected chi connectivity index (χ4v) is 8.91. The van der Waals surface area contributed by atoms with Crippen molar-refractivity contribution in [3.8, 4) is 22.3 Å². The molecule has 0 bridgehead atoms. The maximum atomic E-state index is 6.48. The molecule has 0 fully saturated rings. The zero-order valence-electron chi connectivity index (χ0n) is 30.8. The SMILES string of the molecule is c1ccc(-c2cc3oc4ccccc4c3c3ccc(N(c4ccc(-c5ccc6ccc7ccccc7c6c5)cc4)c4ccc5c(c4)oc4ccccc45)cc23)cc1. The van der Waals surface area contributed by atoms with E-state index in [1.165, 1.54) is 32.7 Å². The Hall–Kier alpha value is -7.62. The average Bonchev–Trinajstić information content (AvgIpc) is 3.84. The highest BCUT2D eigenvalue weighted by Crippen LogP contribution is 2.45. The second kappa shape index (κ2) is 12.5. The van der Waals surface area contributed by atoms with E-state index in [9.17, 15) is 0 Å². The second-order valence-corrected chi connectivity index (χ2v) is 14.9. The lowest BCUT2D eigenvalue weighted by molar-refractivity contribution is 0.668. The topological polar surface area (TPSA) is 29.5 Å². The molecular formula is C54H33NO2. The highest BCUT2D eigenvalue weighted by Gasteiger charge is 2.20. The molecule has 0 aliphatic heterocycles. The summed E-state index contributed by atoms with van der Waals surface area (Å²) >= 11 is 0. The van der Waals surface area contributed by atoms with Crippen LogP contribution in [0.1, 0.15) is 0 Å². The van der Waals surface area contributed by atoms with E-state index in [1.807, 2.05) is 18.2 Å². The van der Waals surface area contributed by atoms with Gasteiger partial charge in [-0.15, -0.1) is 0 Å². The lowest BCUT2D eigenvalue weighted by Crippen LogP contribution is -2.10. The Balaban J connectivity index is 1.06. The van der Waals surface area contributed by atoms with Crippen LogP contribution >= 0.6 is 0 Å². The first-order valence-corrected chi connectivity index (χ1v) is 19.4. The number of anilines is 3. The minimum absolute atomic E-state index is 0.857. The number of nitrogens with zero attached hydrogens (tertiary/aromatic N) is 1. The molecule has 0 saturated carbocycles. The van der Waals surface area contributed by atoms with Crippen molar-refractivity contribution in [1.82, 2.24) is 0 Å². The number of fused-ring (bicyclic) bond motifs is 11. The van der Waals surface area contributed by atoms with Crippen LogP contribution in [0.3, 0.4) is 0 Å². The van der Waals surface area contributed by atoms with Crippen molar-refractivity contribution in [3.05, 3.63) is 200 Å². The standard InChI is InChI=1S/C54H33NO2/c1-2-10-35(11-3-1)48-33-53-54(46-15-7-9-17-51(46)57-53)45-29-27-40(31-49(45)48)55(41-26-28-44-43-14-6-8-16-50(43)56-52(44)32-41)39-24-22-34(23-25-39)38-21-20-37-19-18-36-12-4-5-13-42(36)47(37)30-38/h1-33H. The molecule has 57 heavy (non-hydrogen) atoms. The molecule has 0 amide bonds. The summed E-state index contributed by atoms with van der Waals surface area (Å²) in [7, 11) is 0. The van der Waals surface area contributed by atoms with Crippen molar-refractivity contribution in [2.24, 2.45) is 0 Å². The Labute approximate surface area is 328 Å². The van der Waals surface area contributed by atoms with Gasteiger partial charge in [-0.1, -0.05) is 133 Å². The molecule has 12 aromatic rings. The van der Waals surface area contributed by atoms with Gasteiger partial charge in [0.25, 0.3) is 0 Å². The number of para-hydroxylation sites is 2. The third-order valence-electron chi connectivity index (χ3n) is 11.6. The van der Waals surface area contributed by atoms with Crippen LogP contribution in [-0.4, -0.2) is 0 Å². The quantitative estimate of drug-likeness (QED) is 0.165. The Morgan fingerprint density at radius 3 is 1.68 bits per heavy atom. The Morgan fingerprint density at radius 1 is 0.281 bits per heavy atom. The van der Waals surface area contributed by atoms with Gasteiger partial charge in [0.2, 0.25) is 0 Å². The van der Waals surface area contributed by atoms with Crippen molar-refractivity contribution in [2.45, 2.75) is 0 Å². The molecule has 0 N–H and O–H groups in total. The second-order valence-electron chi connectivity index (χ2n) is 14.9. The first-order valence-electron chi connectivity index (χ1n) is 19.4. The lowest BCUT2D eigenvalue weighted by atomic mass is 9.94. The summed E-state index contributed by atoms with van der Waals surface area (Å²) in [5.74, 6) is 0.